The third-order valence-electron chi connectivity index (χ3n) is 4.67. The Morgan fingerprint density at radius 3 is 2.31 bits per heavy atom. The number of para-hydroxylation sites is 1. The highest BCUT2D eigenvalue weighted by Gasteiger charge is 2.42. The van der Waals surface area contributed by atoms with Crippen LogP contribution in [0.2, 0.25) is 0 Å². The summed E-state index contributed by atoms with van der Waals surface area (Å²) in [5.74, 6) is -2.53. The molecule has 2 aromatic carbocycles. The van der Waals surface area contributed by atoms with Gasteiger partial charge in [-0.1, -0.05) is 29.5 Å². The first-order chi connectivity index (χ1) is 15.0. The second-order valence-corrected chi connectivity index (χ2v) is 7.15. The zero-order chi connectivity index (χ0) is 23.6. The number of halogens is 4. The van der Waals surface area contributed by atoms with Crippen LogP contribution in [-0.4, -0.2) is 45.3 Å². The lowest BCUT2D eigenvalue weighted by atomic mass is 10.1. The Hall–Kier alpha value is -3.76. The van der Waals surface area contributed by atoms with E-state index < -0.39 is 41.7 Å². The fraction of sp³-hybridized carbons (Fsp3) is 0.238. The molecule has 0 aliphatic rings. The SMILES string of the molecule is Cc1cccc(C)c1NC(=O)CN(C)C(=O)c1nnn(-c2cccc(F)c2)c1C(F)(F)F. The summed E-state index contributed by atoms with van der Waals surface area (Å²) in [6, 6.07) is 9.69. The van der Waals surface area contributed by atoms with E-state index in [0.717, 1.165) is 28.2 Å². The number of amides is 2. The van der Waals surface area contributed by atoms with Gasteiger partial charge in [0, 0.05) is 12.7 Å². The van der Waals surface area contributed by atoms with Gasteiger partial charge in [0.1, 0.15) is 5.82 Å². The van der Waals surface area contributed by atoms with Crippen molar-refractivity contribution in [1.82, 2.24) is 19.9 Å². The van der Waals surface area contributed by atoms with E-state index in [1.165, 1.54) is 19.2 Å². The number of nitrogens with one attached hydrogen (secondary N) is 1. The third kappa shape index (κ3) is 4.76. The summed E-state index contributed by atoms with van der Waals surface area (Å²) < 4.78 is 55.1. The molecule has 3 aromatic rings. The summed E-state index contributed by atoms with van der Waals surface area (Å²) in [6.07, 6.45) is -5.01. The van der Waals surface area contributed by atoms with Gasteiger partial charge >= 0.3 is 6.18 Å². The predicted molar refractivity (Wildman–Crippen MR) is 108 cm³/mol. The van der Waals surface area contributed by atoms with Gasteiger partial charge < -0.3 is 10.2 Å². The topological polar surface area (TPSA) is 80.1 Å². The maximum absolute atomic E-state index is 13.7. The predicted octanol–water partition coefficient (Wildman–Crippen LogP) is 3.75. The van der Waals surface area contributed by atoms with Crippen molar-refractivity contribution in [3.05, 3.63) is 70.8 Å². The summed E-state index contributed by atoms with van der Waals surface area (Å²) in [5.41, 5.74) is -0.556. The minimum absolute atomic E-state index is 0.251. The van der Waals surface area contributed by atoms with E-state index in [1.807, 2.05) is 6.07 Å². The van der Waals surface area contributed by atoms with Crippen molar-refractivity contribution < 1.29 is 27.2 Å². The van der Waals surface area contributed by atoms with Crippen LogP contribution in [0.15, 0.2) is 42.5 Å². The van der Waals surface area contributed by atoms with E-state index >= 15 is 0 Å². The second kappa shape index (κ2) is 8.77. The van der Waals surface area contributed by atoms with Crippen molar-refractivity contribution in [2.75, 3.05) is 18.9 Å². The summed E-state index contributed by atoms with van der Waals surface area (Å²) in [5, 5.41) is 9.44. The Balaban J connectivity index is 1.86. The number of hydrogen-bond acceptors (Lipinski definition) is 4. The molecule has 32 heavy (non-hydrogen) atoms. The fourth-order valence-electron chi connectivity index (χ4n) is 3.13. The van der Waals surface area contributed by atoms with Crippen LogP contribution < -0.4 is 5.32 Å². The number of carbonyl (C=O) groups is 2. The molecule has 1 N–H and O–H groups in total. The quantitative estimate of drug-likeness (QED) is 0.602. The molecule has 1 heterocycles. The number of rotatable bonds is 5. The van der Waals surface area contributed by atoms with Crippen LogP contribution in [0.25, 0.3) is 5.69 Å². The molecule has 168 valence electrons. The van der Waals surface area contributed by atoms with Gasteiger partial charge in [0.15, 0.2) is 11.4 Å². The summed E-state index contributed by atoms with van der Waals surface area (Å²) >= 11 is 0. The van der Waals surface area contributed by atoms with E-state index in [0.29, 0.717) is 10.4 Å². The summed E-state index contributed by atoms with van der Waals surface area (Å²) in [7, 11) is 1.17. The molecule has 0 fully saturated rings. The second-order valence-electron chi connectivity index (χ2n) is 7.15. The highest BCUT2D eigenvalue weighted by Crippen LogP contribution is 2.33. The molecule has 0 saturated carbocycles. The third-order valence-corrected chi connectivity index (χ3v) is 4.67. The van der Waals surface area contributed by atoms with E-state index in [2.05, 4.69) is 15.6 Å². The number of hydrogen-bond donors (Lipinski definition) is 1. The molecule has 0 unspecified atom stereocenters. The minimum atomic E-state index is -5.01. The minimum Gasteiger partial charge on any atom is -0.331 e. The van der Waals surface area contributed by atoms with Crippen LogP contribution in [-0.2, 0) is 11.0 Å². The normalized spacial score (nSPS) is 11.3. The van der Waals surface area contributed by atoms with Crippen molar-refractivity contribution in [3.63, 3.8) is 0 Å². The lowest BCUT2D eigenvalue weighted by Gasteiger charge is -2.18. The van der Waals surface area contributed by atoms with Gasteiger partial charge in [0.25, 0.3) is 5.91 Å². The van der Waals surface area contributed by atoms with Gasteiger partial charge in [0.05, 0.1) is 12.2 Å². The molecule has 0 aliphatic heterocycles. The highest BCUT2D eigenvalue weighted by molar-refractivity contribution is 5.99. The van der Waals surface area contributed by atoms with Gasteiger partial charge in [-0.2, -0.15) is 13.2 Å². The van der Waals surface area contributed by atoms with Gasteiger partial charge in [-0.15, -0.1) is 5.10 Å². The molecule has 0 radical (unpaired) electrons. The van der Waals surface area contributed by atoms with Gasteiger partial charge in [-0.25, -0.2) is 9.07 Å². The molecule has 0 saturated heterocycles. The van der Waals surface area contributed by atoms with Crippen molar-refractivity contribution in [3.8, 4) is 5.69 Å². The first-order valence-electron chi connectivity index (χ1n) is 9.39. The Morgan fingerprint density at radius 2 is 1.72 bits per heavy atom. The molecule has 2 amide bonds. The standard InChI is InChI=1S/C21H19F4N5O2/c1-12-6-4-7-13(2)17(12)26-16(31)11-29(3)20(32)18-19(21(23,24)25)30(28-27-18)15-9-5-8-14(22)10-15/h4-10H,11H2,1-3H3,(H,26,31). The number of likely N-dealkylation sites (N-methyl/N-ethyl adjacent to an activating group) is 1. The van der Waals surface area contributed by atoms with E-state index in [-0.39, 0.29) is 5.69 Å². The lowest BCUT2D eigenvalue weighted by molar-refractivity contribution is -0.143. The number of aryl methyl sites for hydroxylation is 2. The Kier molecular flexibility index (Phi) is 6.28. The summed E-state index contributed by atoms with van der Waals surface area (Å²) in [4.78, 5) is 25.9. The first-order valence-corrected chi connectivity index (χ1v) is 9.39. The molecule has 11 heteroatoms. The van der Waals surface area contributed by atoms with E-state index in [1.54, 1.807) is 26.0 Å². The summed E-state index contributed by atoms with van der Waals surface area (Å²) in [6.45, 7) is 3.06. The average molecular weight is 449 g/mol. The van der Waals surface area contributed by atoms with Gasteiger partial charge in [-0.3, -0.25) is 9.59 Å². The molecule has 0 spiro atoms. The molecule has 7 nitrogen and oxygen atoms in total. The van der Waals surface area contributed by atoms with E-state index in [9.17, 15) is 27.2 Å². The van der Waals surface area contributed by atoms with Crippen LogP contribution in [0.5, 0.6) is 0 Å². The van der Waals surface area contributed by atoms with Crippen molar-refractivity contribution >= 4 is 17.5 Å². The van der Waals surface area contributed by atoms with Crippen LogP contribution in [0, 0.1) is 19.7 Å². The lowest BCUT2D eigenvalue weighted by Crippen LogP contribution is -2.36. The zero-order valence-corrected chi connectivity index (χ0v) is 17.4. The zero-order valence-electron chi connectivity index (χ0n) is 17.4. The number of benzene rings is 2. The Morgan fingerprint density at radius 1 is 1.09 bits per heavy atom. The molecular weight excluding hydrogens is 430 g/mol. The number of carbonyl (C=O) groups excluding carboxylic acids is 2. The van der Waals surface area contributed by atoms with Crippen molar-refractivity contribution in [2.45, 2.75) is 20.0 Å². The number of aromatic nitrogens is 3. The van der Waals surface area contributed by atoms with Gasteiger partial charge in [0.2, 0.25) is 5.91 Å². The van der Waals surface area contributed by atoms with Crippen LogP contribution in [0.1, 0.15) is 27.3 Å². The first kappa shape index (κ1) is 22.9. The molecule has 0 atom stereocenters. The highest BCUT2D eigenvalue weighted by atomic mass is 19.4. The van der Waals surface area contributed by atoms with Crippen molar-refractivity contribution in [1.29, 1.82) is 0 Å². The Bertz CT molecular complexity index is 1150. The number of alkyl halides is 3. The molecule has 0 bridgehead atoms. The largest absolute Gasteiger partial charge is 0.435 e. The maximum atomic E-state index is 13.7. The Labute approximate surface area is 180 Å². The number of nitrogens with zero attached hydrogens (tertiary/aromatic N) is 4. The van der Waals surface area contributed by atoms with Crippen molar-refractivity contribution in [2.24, 2.45) is 0 Å². The van der Waals surface area contributed by atoms with Crippen LogP contribution >= 0.6 is 0 Å². The molecule has 1 aromatic heterocycles. The smallest absolute Gasteiger partial charge is 0.331 e. The molecule has 0 aliphatic carbocycles. The maximum Gasteiger partial charge on any atom is 0.435 e. The van der Waals surface area contributed by atoms with Gasteiger partial charge in [-0.05, 0) is 43.2 Å². The average Bonchev–Trinajstić information content (AvgIpc) is 3.16. The molecule has 3 rings (SSSR count). The fourth-order valence-corrected chi connectivity index (χ4v) is 3.13. The monoisotopic (exact) mass is 449 g/mol. The number of anilines is 1. The van der Waals surface area contributed by atoms with Crippen LogP contribution in [0.3, 0.4) is 0 Å². The van der Waals surface area contributed by atoms with Crippen LogP contribution in [0.4, 0.5) is 23.2 Å². The molecular formula is C21H19F4N5O2. The van der Waals surface area contributed by atoms with E-state index in [4.69, 9.17) is 0 Å².